The highest BCUT2D eigenvalue weighted by Crippen LogP contribution is 2.26. The van der Waals surface area contributed by atoms with E-state index in [1.54, 1.807) is 0 Å². The minimum absolute atomic E-state index is 0.767. The summed E-state index contributed by atoms with van der Waals surface area (Å²) in [4.78, 5) is 3.11. The van der Waals surface area contributed by atoms with E-state index in [4.69, 9.17) is 5.21 Å². The first-order chi connectivity index (χ1) is 6.33. The van der Waals surface area contributed by atoms with Crippen LogP contribution in [0.3, 0.4) is 0 Å². The number of aromatic amines is 1. The Labute approximate surface area is 83.2 Å². The van der Waals surface area contributed by atoms with Gasteiger partial charge in [-0.2, -0.15) is 0 Å². The topological polar surface area (TPSA) is 48.4 Å². The van der Waals surface area contributed by atoms with Gasteiger partial charge in [0.25, 0.3) is 0 Å². The molecule has 13 heavy (non-hydrogen) atoms. The van der Waals surface area contributed by atoms with Crippen LogP contribution >= 0.6 is 15.9 Å². The molecule has 0 unspecified atom stereocenters. The van der Waals surface area contributed by atoms with E-state index in [1.165, 1.54) is 6.21 Å². The predicted molar refractivity (Wildman–Crippen MR) is 55.4 cm³/mol. The number of rotatable bonds is 1. The lowest BCUT2D eigenvalue weighted by Crippen LogP contribution is -1.79. The zero-order valence-corrected chi connectivity index (χ0v) is 8.25. The molecular weight excluding hydrogens is 232 g/mol. The Morgan fingerprint density at radius 2 is 2.15 bits per heavy atom. The maximum absolute atomic E-state index is 8.40. The number of hydrogen-bond donors (Lipinski definition) is 2. The summed E-state index contributed by atoms with van der Waals surface area (Å²) in [7, 11) is 0. The fraction of sp³-hybridized carbons (Fsp3) is 0. The summed E-state index contributed by atoms with van der Waals surface area (Å²) in [6.07, 6.45) is 1.37. The van der Waals surface area contributed by atoms with E-state index >= 15 is 0 Å². The molecule has 1 aromatic heterocycles. The first-order valence-corrected chi connectivity index (χ1v) is 4.56. The van der Waals surface area contributed by atoms with Crippen molar-refractivity contribution in [3.05, 3.63) is 34.4 Å². The van der Waals surface area contributed by atoms with Crippen LogP contribution < -0.4 is 0 Å². The van der Waals surface area contributed by atoms with Crippen LogP contribution in [0.2, 0.25) is 0 Å². The first kappa shape index (κ1) is 8.31. The third-order valence-corrected chi connectivity index (χ3v) is 2.71. The van der Waals surface area contributed by atoms with Crippen molar-refractivity contribution in [1.82, 2.24) is 4.98 Å². The molecule has 66 valence electrons. The van der Waals surface area contributed by atoms with Crippen LogP contribution in [-0.2, 0) is 0 Å². The molecule has 0 aliphatic rings. The minimum Gasteiger partial charge on any atom is -0.411 e. The highest BCUT2D eigenvalue weighted by molar-refractivity contribution is 9.10. The maximum Gasteiger partial charge on any atom is 0.0908 e. The van der Waals surface area contributed by atoms with Crippen LogP contribution in [0.25, 0.3) is 10.9 Å². The van der Waals surface area contributed by atoms with Gasteiger partial charge in [0.2, 0.25) is 0 Å². The lowest BCUT2D eigenvalue weighted by Gasteiger charge is -1.86. The van der Waals surface area contributed by atoms with Crippen molar-refractivity contribution in [1.29, 1.82) is 0 Å². The number of para-hydroxylation sites is 1. The van der Waals surface area contributed by atoms with Gasteiger partial charge in [-0.15, -0.1) is 0 Å². The van der Waals surface area contributed by atoms with Gasteiger partial charge in [-0.3, -0.25) is 0 Å². The Balaban J connectivity index is 2.73. The molecule has 0 radical (unpaired) electrons. The van der Waals surface area contributed by atoms with Gasteiger partial charge < -0.3 is 10.2 Å². The number of H-pyrrole nitrogens is 1. The zero-order valence-electron chi connectivity index (χ0n) is 6.66. The van der Waals surface area contributed by atoms with Gasteiger partial charge >= 0.3 is 0 Å². The lowest BCUT2D eigenvalue weighted by molar-refractivity contribution is 0.321. The van der Waals surface area contributed by atoms with Gasteiger partial charge in [0.15, 0.2) is 0 Å². The van der Waals surface area contributed by atoms with E-state index in [0.717, 1.165) is 21.1 Å². The molecule has 0 amide bonds. The second kappa shape index (κ2) is 3.22. The molecule has 2 aromatic rings. The summed E-state index contributed by atoms with van der Waals surface area (Å²) in [5.74, 6) is 0. The van der Waals surface area contributed by atoms with Gasteiger partial charge in [0.05, 0.1) is 16.4 Å². The van der Waals surface area contributed by atoms with E-state index in [1.807, 2.05) is 24.3 Å². The summed E-state index contributed by atoms with van der Waals surface area (Å²) >= 11 is 3.42. The van der Waals surface area contributed by atoms with Crippen LogP contribution in [0.15, 0.2) is 33.9 Å². The number of aromatic nitrogens is 1. The largest absolute Gasteiger partial charge is 0.411 e. The zero-order chi connectivity index (χ0) is 9.26. The molecule has 0 fully saturated rings. The van der Waals surface area contributed by atoms with E-state index in [-0.39, 0.29) is 0 Å². The molecule has 0 atom stereocenters. The molecule has 0 saturated heterocycles. The fourth-order valence-electron chi connectivity index (χ4n) is 1.28. The molecule has 0 spiro atoms. The SMILES string of the molecule is ON=Cc1[nH]c2ccccc2c1Br. The van der Waals surface area contributed by atoms with Crippen molar-refractivity contribution >= 4 is 33.0 Å². The van der Waals surface area contributed by atoms with Gasteiger partial charge in [-0.1, -0.05) is 23.4 Å². The molecule has 2 rings (SSSR count). The van der Waals surface area contributed by atoms with Gasteiger partial charge in [0.1, 0.15) is 0 Å². The average molecular weight is 239 g/mol. The molecule has 0 aliphatic carbocycles. The minimum atomic E-state index is 0.767. The van der Waals surface area contributed by atoms with E-state index < -0.39 is 0 Å². The molecule has 3 nitrogen and oxygen atoms in total. The van der Waals surface area contributed by atoms with Crippen molar-refractivity contribution in [3.8, 4) is 0 Å². The number of hydrogen-bond acceptors (Lipinski definition) is 2. The lowest BCUT2D eigenvalue weighted by atomic mass is 10.2. The summed E-state index contributed by atoms with van der Waals surface area (Å²) in [5.41, 5.74) is 1.79. The molecule has 4 heteroatoms. The highest BCUT2D eigenvalue weighted by Gasteiger charge is 2.05. The number of nitrogens with zero attached hydrogens (tertiary/aromatic N) is 1. The van der Waals surface area contributed by atoms with Crippen molar-refractivity contribution in [2.24, 2.45) is 5.16 Å². The number of fused-ring (bicyclic) bond motifs is 1. The maximum atomic E-state index is 8.40. The van der Waals surface area contributed by atoms with Crippen LogP contribution in [-0.4, -0.2) is 16.4 Å². The van der Waals surface area contributed by atoms with Gasteiger partial charge in [-0.05, 0) is 22.0 Å². The monoisotopic (exact) mass is 238 g/mol. The van der Waals surface area contributed by atoms with E-state index in [0.29, 0.717) is 0 Å². The standard InChI is InChI=1S/C9H7BrN2O/c10-9-6-3-1-2-4-7(6)12-8(9)5-11-13/h1-5,12-13H. The number of benzene rings is 1. The van der Waals surface area contributed by atoms with Crippen LogP contribution in [0, 0.1) is 0 Å². The molecule has 1 heterocycles. The van der Waals surface area contributed by atoms with Crippen LogP contribution in [0.1, 0.15) is 5.69 Å². The second-order valence-corrected chi connectivity index (χ2v) is 3.44. The van der Waals surface area contributed by atoms with Crippen LogP contribution in [0.4, 0.5) is 0 Å². The summed E-state index contributed by atoms with van der Waals surface area (Å²) in [5, 5.41) is 12.5. The Kier molecular flexibility index (Phi) is 2.06. The van der Waals surface area contributed by atoms with Gasteiger partial charge in [0, 0.05) is 10.9 Å². The quantitative estimate of drug-likeness (QED) is 0.448. The van der Waals surface area contributed by atoms with Crippen molar-refractivity contribution < 1.29 is 5.21 Å². The second-order valence-electron chi connectivity index (χ2n) is 2.64. The number of nitrogens with one attached hydrogen (secondary N) is 1. The van der Waals surface area contributed by atoms with E-state index in [2.05, 4.69) is 26.1 Å². The number of halogens is 1. The van der Waals surface area contributed by atoms with Crippen molar-refractivity contribution in [2.75, 3.05) is 0 Å². The van der Waals surface area contributed by atoms with Crippen molar-refractivity contribution in [3.63, 3.8) is 0 Å². The fourth-order valence-corrected chi connectivity index (χ4v) is 1.82. The Bertz CT molecular complexity index is 462. The molecule has 2 N–H and O–H groups in total. The Morgan fingerprint density at radius 3 is 2.85 bits per heavy atom. The Hall–Kier alpha value is -1.29. The molecular formula is C9H7BrN2O. The summed E-state index contributed by atoms with van der Waals surface area (Å²) in [6.45, 7) is 0. The number of oxime groups is 1. The normalized spacial score (nSPS) is 11.5. The summed E-state index contributed by atoms with van der Waals surface area (Å²) < 4.78 is 0.918. The molecule has 1 aromatic carbocycles. The van der Waals surface area contributed by atoms with Gasteiger partial charge in [-0.25, -0.2) is 0 Å². The Morgan fingerprint density at radius 1 is 1.38 bits per heavy atom. The summed E-state index contributed by atoms with van der Waals surface area (Å²) in [6, 6.07) is 7.87. The highest BCUT2D eigenvalue weighted by atomic mass is 79.9. The smallest absolute Gasteiger partial charge is 0.0908 e. The van der Waals surface area contributed by atoms with Crippen molar-refractivity contribution in [2.45, 2.75) is 0 Å². The third kappa shape index (κ3) is 1.33. The molecule has 0 bridgehead atoms. The average Bonchev–Trinajstić information content (AvgIpc) is 2.46. The molecule has 0 saturated carbocycles. The van der Waals surface area contributed by atoms with Crippen LogP contribution in [0.5, 0.6) is 0 Å². The molecule has 0 aliphatic heterocycles. The van der Waals surface area contributed by atoms with E-state index in [9.17, 15) is 0 Å². The third-order valence-electron chi connectivity index (χ3n) is 1.86. The first-order valence-electron chi connectivity index (χ1n) is 3.76. The predicted octanol–water partition coefficient (Wildman–Crippen LogP) is 2.74.